The minimum absolute atomic E-state index is 0.283. The molecule has 2 aliphatic carbocycles. The molecule has 1 saturated carbocycles. The minimum Gasteiger partial charge on any atom is -0.368 e. The van der Waals surface area contributed by atoms with E-state index in [0.29, 0.717) is 17.4 Å². The van der Waals surface area contributed by atoms with E-state index in [1.807, 2.05) is 0 Å². The molecule has 2 bridgehead atoms. The Balaban J connectivity index is 2.42. The highest BCUT2D eigenvalue weighted by atomic mass is 28.4. The molecular weight excluding hydrogens is 304 g/mol. The minimum atomic E-state index is -2.87. The van der Waals surface area contributed by atoms with E-state index in [9.17, 15) is 0 Å². The summed E-state index contributed by atoms with van der Waals surface area (Å²) >= 11 is 0. The molecule has 0 N–H and O–H groups in total. The van der Waals surface area contributed by atoms with Crippen LogP contribution in [0.1, 0.15) is 75.2 Å². The van der Waals surface area contributed by atoms with E-state index in [4.69, 9.17) is 13.3 Å². The molecule has 1 fully saturated rings. The maximum absolute atomic E-state index is 6.67. The first-order chi connectivity index (χ1) is 10.2. The second kappa shape index (κ2) is 5.97. The highest BCUT2D eigenvalue weighted by Gasteiger charge is 2.61. The van der Waals surface area contributed by atoms with E-state index in [0.717, 1.165) is 6.42 Å². The Morgan fingerprint density at radius 3 is 1.39 bits per heavy atom. The van der Waals surface area contributed by atoms with Crippen LogP contribution < -0.4 is 0 Å². The van der Waals surface area contributed by atoms with Crippen LogP contribution in [-0.4, -0.2) is 25.6 Å². The zero-order valence-corrected chi connectivity index (χ0v) is 17.5. The molecule has 134 valence electrons. The summed E-state index contributed by atoms with van der Waals surface area (Å²) in [6.07, 6.45) is 7.10. The topological polar surface area (TPSA) is 27.7 Å². The van der Waals surface area contributed by atoms with Crippen LogP contribution in [0.25, 0.3) is 0 Å². The largest absolute Gasteiger partial charge is 0.506 e. The van der Waals surface area contributed by atoms with E-state index in [1.165, 1.54) is 6.42 Å². The highest BCUT2D eigenvalue weighted by Crippen LogP contribution is 2.54. The summed E-state index contributed by atoms with van der Waals surface area (Å²) in [5.41, 5.74) is -0.480. The molecule has 0 heterocycles. The Morgan fingerprint density at radius 1 is 0.696 bits per heavy atom. The molecule has 0 aromatic carbocycles. The maximum atomic E-state index is 6.67. The number of allylic oxidation sites excluding steroid dienone is 2. The molecule has 0 aliphatic heterocycles. The first-order valence-electron chi connectivity index (χ1n) is 8.98. The molecule has 0 spiro atoms. The van der Waals surface area contributed by atoms with Crippen molar-refractivity contribution in [2.75, 3.05) is 0 Å². The van der Waals surface area contributed by atoms with Crippen molar-refractivity contribution in [3.05, 3.63) is 12.2 Å². The third-order valence-corrected chi connectivity index (χ3v) is 8.34. The molecule has 3 nitrogen and oxygen atoms in total. The average Bonchev–Trinajstić information content (AvgIpc) is 2.81. The predicted molar refractivity (Wildman–Crippen MR) is 97.4 cm³/mol. The van der Waals surface area contributed by atoms with Crippen LogP contribution in [0.15, 0.2) is 12.2 Å². The number of rotatable bonds is 4. The van der Waals surface area contributed by atoms with E-state index in [-0.39, 0.29) is 16.8 Å². The van der Waals surface area contributed by atoms with Gasteiger partial charge in [0.2, 0.25) is 0 Å². The van der Waals surface area contributed by atoms with E-state index in [1.54, 1.807) is 0 Å². The van der Waals surface area contributed by atoms with Crippen molar-refractivity contribution >= 4 is 8.80 Å². The number of fused-ring (bicyclic) bond motifs is 2. The van der Waals surface area contributed by atoms with Crippen molar-refractivity contribution in [2.24, 2.45) is 11.8 Å². The normalized spacial score (nSPS) is 28.7. The number of hydrogen-bond acceptors (Lipinski definition) is 3. The van der Waals surface area contributed by atoms with E-state index < -0.39 is 8.80 Å². The lowest BCUT2D eigenvalue weighted by Crippen LogP contribution is -2.60. The molecule has 4 heteroatoms. The summed E-state index contributed by atoms with van der Waals surface area (Å²) in [6.45, 7) is 19.0. The maximum Gasteiger partial charge on any atom is 0.506 e. The summed E-state index contributed by atoms with van der Waals surface area (Å²) in [7, 11) is -2.87. The van der Waals surface area contributed by atoms with Gasteiger partial charge >= 0.3 is 8.80 Å². The zero-order valence-electron chi connectivity index (χ0n) is 16.5. The van der Waals surface area contributed by atoms with Crippen molar-refractivity contribution in [3.8, 4) is 0 Å². The lowest BCUT2D eigenvalue weighted by atomic mass is 10.1. The molecule has 2 rings (SSSR count). The van der Waals surface area contributed by atoms with Gasteiger partial charge in [0.15, 0.2) is 0 Å². The third-order valence-electron chi connectivity index (χ3n) is 4.08. The molecule has 2 aliphatic rings. The highest BCUT2D eigenvalue weighted by molar-refractivity contribution is 6.63. The fraction of sp³-hybridized carbons (Fsp3) is 0.895. The van der Waals surface area contributed by atoms with Crippen molar-refractivity contribution < 1.29 is 13.3 Å². The van der Waals surface area contributed by atoms with Gasteiger partial charge in [0.25, 0.3) is 0 Å². The molecule has 23 heavy (non-hydrogen) atoms. The summed E-state index contributed by atoms with van der Waals surface area (Å²) in [5.74, 6) is 1.21. The van der Waals surface area contributed by atoms with Crippen LogP contribution in [-0.2, 0) is 13.3 Å². The van der Waals surface area contributed by atoms with Gasteiger partial charge in [0, 0.05) is 5.54 Å². The molecule has 0 amide bonds. The first kappa shape index (κ1) is 19.2. The van der Waals surface area contributed by atoms with E-state index >= 15 is 0 Å². The van der Waals surface area contributed by atoms with Gasteiger partial charge in [0.1, 0.15) is 0 Å². The van der Waals surface area contributed by atoms with Crippen LogP contribution in [0.2, 0.25) is 5.54 Å². The lowest BCUT2D eigenvalue weighted by Gasteiger charge is -2.47. The third kappa shape index (κ3) is 5.15. The molecule has 0 saturated heterocycles. The molecular formula is C19H36O3Si. The molecule has 0 radical (unpaired) electrons. The molecule has 0 aromatic rings. The van der Waals surface area contributed by atoms with Gasteiger partial charge in [-0.2, -0.15) is 0 Å². The molecule has 3 unspecified atom stereocenters. The Bertz CT molecular complexity index is 410. The second-order valence-electron chi connectivity index (χ2n) is 10.1. The van der Waals surface area contributed by atoms with Crippen molar-refractivity contribution in [3.63, 3.8) is 0 Å². The smallest absolute Gasteiger partial charge is 0.368 e. The second-order valence-corrected chi connectivity index (χ2v) is 12.7. The van der Waals surface area contributed by atoms with Crippen LogP contribution in [0.4, 0.5) is 0 Å². The summed E-state index contributed by atoms with van der Waals surface area (Å²) in [4.78, 5) is 0. The van der Waals surface area contributed by atoms with Gasteiger partial charge < -0.3 is 13.3 Å². The number of hydrogen-bond donors (Lipinski definition) is 0. The van der Waals surface area contributed by atoms with Gasteiger partial charge in [-0.05, 0) is 87.0 Å². The lowest BCUT2D eigenvalue weighted by molar-refractivity contribution is -0.0829. The molecule has 0 aromatic heterocycles. The monoisotopic (exact) mass is 340 g/mol. The SMILES string of the molecule is CC(C)(C)O[Si](OC(C)(C)C)(OC(C)(C)C)C1CC2C=CC1C2. The Hall–Kier alpha value is -0.163. The van der Waals surface area contributed by atoms with E-state index in [2.05, 4.69) is 74.5 Å². The summed E-state index contributed by atoms with van der Waals surface area (Å²) in [5, 5.41) is 0. The fourth-order valence-electron chi connectivity index (χ4n) is 3.76. The van der Waals surface area contributed by atoms with Crippen molar-refractivity contribution in [2.45, 2.75) is 97.5 Å². The first-order valence-corrected chi connectivity index (χ1v) is 10.8. The van der Waals surface area contributed by atoms with Gasteiger partial charge in [-0.25, -0.2) is 0 Å². The van der Waals surface area contributed by atoms with Gasteiger partial charge in [0.05, 0.1) is 16.8 Å². The van der Waals surface area contributed by atoms with Crippen LogP contribution in [0, 0.1) is 11.8 Å². The van der Waals surface area contributed by atoms with Crippen LogP contribution >= 0.6 is 0 Å². The van der Waals surface area contributed by atoms with Crippen molar-refractivity contribution in [1.29, 1.82) is 0 Å². The predicted octanol–water partition coefficient (Wildman–Crippen LogP) is 5.34. The summed E-state index contributed by atoms with van der Waals surface area (Å²) in [6, 6.07) is 0. The average molecular weight is 341 g/mol. The Morgan fingerprint density at radius 2 is 1.13 bits per heavy atom. The Kier molecular flexibility index (Phi) is 4.98. The molecule has 3 atom stereocenters. The Labute approximate surface area is 144 Å². The van der Waals surface area contributed by atoms with Crippen molar-refractivity contribution in [1.82, 2.24) is 0 Å². The van der Waals surface area contributed by atoms with Gasteiger partial charge in [-0.15, -0.1) is 0 Å². The fourth-order valence-corrected chi connectivity index (χ4v) is 8.26. The zero-order chi connectivity index (χ0) is 17.7. The van der Waals surface area contributed by atoms with Gasteiger partial charge in [-0.1, -0.05) is 12.2 Å². The van der Waals surface area contributed by atoms with Gasteiger partial charge in [-0.3, -0.25) is 0 Å². The standard InChI is InChI=1S/C19H36O3Si/c1-17(2,3)20-23(21-18(4,5)6,22-19(7,8)9)16-13-14-10-11-15(16)12-14/h10-11,14-16H,12-13H2,1-9H3. The van der Waals surface area contributed by atoms with Crippen LogP contribution in [0.3, 0.4) is 0 Å². The van der Waals surface area contributed by atoms with Crippen LogP contribution in [0.5, 0.6) is 0 Å². The quantitative estimate of drug-likeness (QED) is 0.511. The summed E-state index contributed by atoms with van der Waals surface area (Å²) < 4.78 is 20.0.